The van der Waals surface area contributed by atoms with Crippen molar-refractivity contribution in [1.82, 2.24) is 0 Å². The van der Waals surface area contributed by atoms with Crippen molar-refractivity contribution in [3.05, 3.63) is 48.5 Å². The third kappa shape index (κ3) is 4.01. The van der Waals surface area contributed by atoms with Crippen molar-refractivity contribution in [2.24, 2.45) is 0 Å². The number of rotatable bonds is 4. The van der Waals surface area contributed by atoms with Crippen LogP contribution in [0, 0.1) is 0 Å². The maximum absolute atomic E-state index is 5.55. The minimum absolute atomic E-state index is 0.577. The van der Waals surface area contributed by atoms with Gasteiger partial charge in [0.1, 0.15) is 21.5 Å². The number of thiocarbonyl (C=S) groups is 2. The smallest absolute Gasteiger partial charge is 0.141 e. The van der Waals surface area contributed by atoms with E-state index < -0.39 is 0 Å². The first-order valence-electron chi connectivity index (χ1n) is 7.31. The molecule has 0 spiro atoms. The highest BCUT2D eigenvalue weighted by molar-refractivity contribution is 7.89. The fraction of sp³-hybridized carbons (Fsp3) is 0.222. The van der Waals surface area contributed by atoms with E-state index in [-0.39, 0.29) is 0 Å². The van der Waals surface area contributed by atoms with Crippen molar-refractivity contribution in [3.63, 3.8) is 0 Å². The fourth-order valence-electron chi connectivity index (χ4n) is 2.13. The van der Waals surface area contributed by atoms with Gasteiger partial charge in [0.15, 0.2) is 0 Å². The lowest BCUT2D eigenvalue weighted by molar-refractivity contribution is 0.414. The minimum atomic E-state index is 0.577. The molecular formula is C18H20N2O2S2. The quantitative estimate of drug-likeness (QED) is 0.766. The molecule has 0 N–H and O–H groups in total. The van der Waals surface area contributed by atoms with Gasteiger partial charge in [0, 0.05) is 25.5 Å². The SMILES string of the molecule is COc1ccc(N(C)C(=S)C(=S)N(C)c2ccc(OC)cc2)cc1. The Morgan fingerprint density at radius 2 is 0.958 bits per heavy atom. The second-order valence-electron chi connectivity index (χ2n) is 5.12. The summed E-state index contributed by atoms with van der Waals surface area (Å²) in [5.41, 5.74) is 1.90. The largest absolute Gasteiger partial charge is 0.497 e. The van der Waals surface area contributed by atoms with E-state index in [2.05, 4.69) is 0 Å². The summed E-state index contributed by atoms with van der Waals surface area (Å²) in [4.78, 5) is 4.93. The number of methoxy groups -OCH3 is 2. The standard InChI is InChI=1S/C18H20N2O2S2/c1-19(13-5-9-15(21-3)10-6-13)17(23)18(24)20(2)14-7-11-16(22-4)12-8-14/h5-12H,1-4H3. The van der Waals surface area contributed by atoms with Gasteiger partial charge in [-0.25, -0.2) is 0 Å². The van der Waals surface area contributed by atoms with Gasteiger partial charge in [-0.05, 0) is 48.5 Å². The molecule has 0 aliphatic heterocycles. The molecule has 0 aliphatic carbocycles. The summed E-state index contributed by atoms with van der Waals surface area (Å²) < 4.78 is 10.4. The summed E-state index contributed by atoms with van der Waals surface area (Å²) in [6.45, 7) is 0. The average Bonchev–Trinajstić information content (AvgIpc) is 2.65. The van der Waals surface area contributed by atoms with Crippen LogP contribution in [-0.4, -0.2) is 38.3 Å². The van der Waals surface area contributed by atoms with Crippen LogP contribution in [0.15, 0.2) is 48.5 Å². The summed E-state index contributed by atoms with van der Waals surface area (Å²) in [5.74, 6) is 1.60. The maximum Gasteiger partial charge on any atom is 0.141 e. The van der Waals surface area contributed by atoms with E-state index in [1.54, 1.807) is 14.2 Å². The Kier molecular flexibility index (Phi) is 6.11. The molecule has 24 heavy (non-hydrogen) atoms. The second kappa shape index (κ2) is 8.08. The van der Waals surface area contributed by atoms with Crippen LogP contribution >= 0.6 is 24.4 Å². The lowest BCUT2D eigenvalue weighted by Gasteiger charge is -2.26. The molecule has 0 unspecified atom stereocenters. The van der Waals surface area contributed by atoms with Crippen LogP contribution in [0.1, 0.15) is 0 Å². The number of nitrogens with zero attached hydrogens (tertiary/aromatic N) is 2. The molecule has 2 aromatic carbocycles. The summed E-state index contributed by atoms with van der Waals surface area (Å²) in [7, 11) is 7.08. The Balaban J connectivity index is 2.12. The van der Waals surface area contributed by atoms with E-state index >= 15 is 0 Å². The number of hydrogen-bond acceptors (Lipinski definition) is 4. The summed E-state index contributed by atoms with van der Waals surface area (Å²) in [6, 6.07) is 15.4. The number of hydrogen-bond donors (Lipinski definition) is 0. The van der Waals surface area contributed by atoms with E-state index in [1.165, 1.54) is 0 Å². The van der Waals surface area contributed by atoms with Crippen molar-refractivity contribution >= 4 is 45.8 Å². The number of benzene rings is 2. The number of ether oxygens (including phenoxy) is 2. The van der Waals surface area contributed by atoms with Crippen LogP contribution < -0.4 is 19.3 Å². The van der Waals surface area contributed by atoms with Gasteiger partial charge in [-0.2, -0.15) is 0 Å². The van der Waals surface area contributed by atoms with Crippen LogP contribution in [0.25, 0.3) is 0 Å². The Morgan fingerprint density at radius 1 is 0.667 bits per heavy atom. The topological polar surface area (TPSA) is 24.9 Å². The molecule has 0 saturated heterocycles. The van der Waals surface area contributed by atoms with E-state index in [9.17, 15) is 0 Å². The Bertz CT molecular complexity index is 651. The molecule has 126 valence electrons. The first-order valence-corrected chi connectivity index (χ1v) is 8.13. The molecule has 0 saturated carbocycles. The predicted octanol–water partition coefficient (Wildman–Crippen LogP) is 3.93. The molecule has 0 radical (unpaired) electrons. The third-order valence-corrected chi connectivity index (χ3v) is 4.78. The molecule has 4 nitrogen and oxygen atoms in total. The highest BCUT2D eigenvalue weighted by atomic mass is 32.1. The molecule has 0 amide bonds. The minimum Gasteiger partial charge on any atom is -0.497 e. The van der Waals surface area contributed by atoms with Crippen LogP contribution in [-0.2, 0) is 0 Å². The molecule has 6 heteroatoms. The zero-order chi connectivity index (χ0) is 17.7. The number of anilines is 2. The van der Waals surface area contributed by atoms with Crippen molar-refractivity contribution in [2.45, 2.75) is 0 Å². The second-order valence-corrected chi connectivity index (χ2v) is 5.90. The highest BCUT2D eigenvalue weighted by Gasteiger charge is 2.17. The monoisotopic (exact) mass is 360 g/mol. The van der Waals surface area contributed by atoms with Gasteiger partial charge in [0.25, 0.3) is 0 Å². The molecule has 2 rings (SSSR count). The fourth-order valence-corrected chi connectivity index (χ4v) is 2.62. The van der Waals surface area contributed by atoms with Crippen LogP contribution in [0.2, 0.25) is 0 Å². The van der Waals surface area contributed by atoms with Crippen LogP contribution in [0.5, 0.6) is 11.5 Å². The first-order chi connectivity index (χ1) is 11.5. The normalized spacial score (nSPS) is 10.0. The van der Waals surface area contributed by atoms with Gasteiger partial charge in [-0.1, -0.05) is 24.4 Å². The van der Waals surface area contributed by atoms with E-state index in [0.29, 0.717) is 9.98 Å². The van der Waals surface area contributed by atoms with Crippen molar-refractivity contribution < 1.29 is 9.47 Å². The molecule has 0 atom stereocenters. The lowest BCUT2D eigenvalue weighted by atomic mass is 10.2. The molecule has 0 bridgehead atoms. The molecular weight excluding hydrogens is 340 g/mol. The van der Waals surface area contributed by atoms with E-state index in [1.807, 2.05) is 72.4 Å². The van der Waals surface area contributed by atoms with Crippen molar-refractivity contribution in [1.29, 1.82) is 0 Å². The summed E-state index contributed by atoms with van der Waals surface area (Å²) >= 11 is 11.1. The van der Waals surface area contributed by atoms with Gasteiger partial charge in [-0.15, -0.1) is 0 Å². The van der Waals surface area contributed by atoms with Crippen molar-refractivity contribution in [2.75, 3.05) is 38.1 Å². The van der Waals surface area contributed by atoms with Crippen LogP contribution in [0.3, 0.4) is 0 Å². The maximum atomic E-state index is 5.55. The zero-order valence-electron chi connectivity index (χ0n) is 14.1. The van der Waals surface area contributed by atoms with Gasteiger partial charge in [0.2, 0.25) is 0 Å². The molecule has 0 aromatic heterocycles. The lowest BCUT2D eigenvalue weighted by Crippen LogP contribution is -2.39. The summed E-state index contributed by atoms with van der Waals surface area (Å²) in [6.07, 6.45) is 0. The van der Waals surface area contributed by atoms with E-state index in [4.69, 9.17) is 33.9 Å². The van der Waals surface area contributed by atoms with Crippen LogP contribution in [0.4, 0.5) is 11.4 Å². The van der Waals surface area contributed by atoms with Crippen molar-refractivity contribution in [3.8, 4) is 11.5 Å². The van der Waals surface area contributed by atoms with Gasteiger partial charge >= 0.3 is 0 Å². The van der Waals surface area contributed by atoms with Gasteiger partial charge in [-0.3, -0.25) is 0 Å². The zero-order valence-corrected chi connectivity index (χ0v) is 15.8. The highest BCUT2D eigenvalue weighted by Crippen LogP contribution is 2.22. The Morgan fingerprint density at radius 3 is 1.21 bits per heavy atom. The van der Waals surface area contributed by atoms with Gasteiger partial charge in [0.05, 0.1) is 14.2 Å². The predicted molar refractivity (Wildman–Crippen MR) is 108 cm³/mol. The van der Waals surface area contributed by atoms with E-state index in [0.717, 1.165) is 22.9 Å². The molecule has 0 aliphatic rings. The molecule has 0 heterocycles. The number of likely N-dealkylation sites (N-methyl/N-ethyl adjacent to an activating group) is 2. The summed E-state index contributed by atoms with van der Waals surface area (Å²) in [5, 5.41) is 0. The van der Waals surface area contributed by atoms with Gasteiger partial charge < -0.3 is 19.3 Å². The first kappa shape index (κ1) is 18.2. The Hall–Kier alpha value is -2.18. The molecule has 2 aromatic rings. The third-order valence-electron chi connectivity index (χ3n) is 3.71. The Labute approximate surface area is 153 Å². The average molecular weight is 361 g/mol. The molecule has 0 fully saturated rings.